The zero-order chi connectivity index (χ0) is 24.4. The van der Waals surface area contributed by atoms with Crippen LogP contribution in [0.4, 0.5) is 5.82 Å². The molecular formula is C28H31N5O2. The number of piperazine rings is 1. The number of rotatable bonds is 5. The zero-order valence-electron chi connectivity index (χ0n) is 20.3. The molecule has 3 aromatic rings. The molecule has 0 spiro atoms. The van der Waals surface area contributed by atoms with Crippen LogP contribution in [-0.4, -0.2) is 64.3 Å². The summed E-state index contributed by atoms with van der Waals surface area (Å²) in [5.41, 5.74) is 3.06. The summed E-state index contributed by atoms with van der Waals surface area (Å²) in [5, 5.41) is 0. The Bertz CT molecular complexity index is 1190. The third-order valence-electron chi connectivity index (χ3n) is 7.07. The molecule has 7 nitrogen and oxygen atoms in total. The van der Waals surface area contributed by atoms with Crippen LogP contribution in [0, 0.1) is 12.8 Å². The van der Waals surface area contributed by atoms with Gasteiger partial charge < -0.3 is 14.7 Å². The Balaban J connectivity index is 1.21. The Hall–Kier alpha value is -3.74. The molecule has 2 unspecified atom stereocenters. The molecule has 2 aliphatic rings. The van der Waals surface area contributed by atoms with E-state index >= 15 is 0 Å². The number of benzene rings is 2. The highest BCUT2D eigenvalue weighted by Crippen LogP contribution is 2.30. The minimum absolute atomic E-state index is 0.0295. The number of anilines is 1. The third kappa shape index (κ3) is 4.90. The Morgan fingerprint density at radius 1 is 0.943 bits per heavy atom. The van der Waals surface area contributed by atoms with Crippen LogP contribution in [-0.2, 0) is 9.59 Å². The van der Waals surface area contributed by atoms with Gasteiger partial charge >= 0.3 is 0 Å². The minimum Gasteiger partial charge on any atom is -0.353 e. The summed E-state index contributed by atoms with van der Waals surface area (Å²) in [4.78, 5) is 41.3. The van der Waals surface area contributed by atoms with Gasteiger partial charge in [0.05, 0.1) is 17.7 Å². The Morgan fingerprint density at radius 2 is 1.60 bits per heavy atom. The largest absolute Gasteiger partial charge is 0.353 e. The highest BCUT2D eigenvalue weighted by molar-refractivity contribution is 5.89. The van der Waals surface area contributed by atoms with Gasteiger partial charge in [-0.25, -0.2) is 9.97 Å². The number of amides is 2. The van der Waals surface area contributed by atoms with E-state index in [4.69, 9.17) is 0 Å². The maximum Gasteiger partial charge on any atom is 0.228 e. The average Bonchev–Trinajstić information content (AvgIpc) is 3.30. The van der Waals surface area contributed by atoms with Crippen molar-refractivity contribution in [1.82, 2.24) is 19.8 Å². The van der Waals surface area contributed by atoms with Crippen LogP contribution in [0.15, 0.2) is 66.7 Å². The summed E-state index contributed by atoms with van der Waals surface area (Å²) < 4.78 is 0. The standard InChI is InChI=1S/C28H31N5O2/c1-20(22-9-5-3-6-10-22)33-19-24(17-27(33)34)28(35)32-15-13-31(14-16-32)26-18-25(29-21(2)30-26)23-11-7-4-8-12-23/h3-12,18,20,24H,13-17,19H2,1-2H3. The summed E-state index contributed by atoms with van der Waals surface area (Å²) in [6.07, 6.45) is 0.293. The average molecular weight is 470 g/mol. The summed E-state index contributed by atoms with van der Waals surface area (Å²) in [5.74, 6) is 1.50. The Morgan fingerprint density at radius 3 is 2.29 bits per heavy atom. The lowest BCUT2D eigenvalue weighted by atomic mass is 10.1. The van der Waals surface area contributed by atoms with Crippen molar-refractivity contribution in [3.8, 4) is 11.3 Å². The number of likely N-dealkylation sites (tertiary alicyclic amines) is 1. The number of hydrogen-bond donors (Lipinski definition) is 0. The molecule has 2 saturated heterocycles. The molecule has 180 valence electrons. The SMILES string of the molecule is Cc1nc(-c2ccccc2)cc(N2CCN(C(=O)C3CC(=O)N(C(C)c4ccccc4)C3)CC2)n1. The fraction of sp³-hybridized carbons (Fsp3) is 0.357. The van der Waals surface area contributed by atoms with Gasteiger partial charge in [0.25, 0.3) is 0 Å². The molecule has 0 aliphatic carbocycles. The van der Waals surface area contributed by atoms with Gasteiger partial charge in [0.15, 0.2) is 0 Å². The molecule has 0 bridgehead atoms. The van der Waals surface area contributed by atoms with Crippen molar-refractivity contribution in [2.24, 2.45) is 5.92 Å². The Labute approximate surface area is 206 Å². The van der Waals surface area contributed by atoms with Crippen molar-refractivity contribution in [2.75, 3.05) is 37.6 Å². The van der Waals surface area contributed by atoms with Gasteiger partial charge in [-0.1, -0.05) is 60.7 Å². The molecule has 35 heavy (non-hydrogen) atoms. The molecule has 2 aliphatic heterocycles. The molecule has 3 heterocycles. The topological polar surface area (TPSA) is 69.6 Å². The summed E-state index contributed by atoms with van der Waals surface area (Å²) in [6.45, 7) is 7.10. The first kappa shape index (κ1) is 23.0. The van der Waals surface area contributed by atoms with Crippen molar-refractivity contribution in [1.29, 1.82) is 0 Å². The van der Waals surface area contributed by atoms with Crippen molar-refractivity contribution in [3.05, 3.63) is 78.1 Å². The molecular weight excluding hydrogens is 438 g/mol. The van der Waals surface area contributed by atoms with Gasteiger partial charge in [-0.15, -0.1) is 0 Å². The first-order valence-electron chi connectivity index (χ1n) is 12.3. The molecule has 2 atom stereocenters. The van der Waals surface area contributed by atoms with E-state index in [1.807, 2.05) is 90.4 Å². The van der Waals surface area contributed by atoms with Crippen molar-refractivity contribution >= 4 is 17.6 Å². The first-order chi connectivity index (χ1) is 17.0. The lowest BCUT2D eigenvalue weighted by Gasteiger charge is -2.36. The van der Waals surface area contributed by atoms with E-state index < -0.39 is 0 Å². The van der Waals surface area contributed by atoms with Gasteiger partial charge in [0, 0.05) is 50.8 Å². The predicted octanol–water partition coefficient (Wildman–Crippen LogP) is 3.71. The van der Waals surface area contributed by atoms with Gasteiger partial charge in [0.1, 0.15) is 11.6 Å². The number of carbonyl (C=O) groups is 2. The molecule has 5 rings (SSSR count). The number of aromatic nitrogens is 2. The monoisotopic (exact) mass is 469 g/mol. The van der Waals surface area contributed by atoms with E-state index in [1.54, 1.807) is 0 Å². The van der Waals surface area contributed by atoms with Gasteiger partial charge in [0.2, 0.25) is 11.8 Å². The molecule has 2 amide bonds. The molecule has 1 aromatic heterocycles. The second-order valence-electron chi connectivity index (χ2n) is 9.37. The zero-order valence-corrected chi connectivity index (χ0v) is 20.3. The number of carbonyl (C=O) groups excluding carboxylic acids is 2. The molecule has 0 radical (unpaired) electrons. The van der Waals surface area contributed by atoms with E-state index in [0.717, 1.165) is 28.5 Å². The minimum atomic E-state index is -0.272. The third-order valence-corrected chi connectivity index (χ3v) is 7.07. The first-order valence-corrected chi connectivity index (χ1v) is 12.3. The Kier molecular flexibility index (Phi) is 6.49. The van der Waals surface area contributed by atoms with Crippen molar-refractivity contribution < 1.29 is 9.59 Å². The predicted molar refractivity (Wildman–Crippen MR) is 136 cm³/mol. The summed E-state index contributed by atoms with van der Waals surface area (Å²) in [6, 6.07) is 22.1. The highest BCUT2D eigenvalue weighted by Gasteiger charge is 2.39. The van der Waals surface area contributed by atoms with E-state index in [9.17, 15) is 9.59 Å². The van der Waals surface area contributed by atoms with Crippen molar-refractivity contribution in [2.45, 2.75) is 26.3 Å². The van der Waals surface area contributed by atoms with Crippen LogP contribution in [0.25, 0.3) is 11.3 Å². The molecule has 0 saturated carbocycles. The lowest BCUT2D eigenvalue weighted by Crippen LogP contribution is -2.51. The van der Waals surface area contributed by atoms with Crippen LogP contribution < -0.4 is 4.90 Å². The number of nitrogens with zero attached hydrogens (tertiary/aromatic N) is 5. The van der Waals surface area contributed by atoms with Crippen LogP contribution in [0.1, 0.15) is 30.8 Å². The van der Waals surface area contributed by atoms with Gasteiger partial charge in [-0.2, -0.15) is 0 Å². The van der Waals surface area contributed by atoms with E-state index in [2.05, 4.69) is 14.9 Å². The molecule has 7 heteroatoms. The fourth-order valence-electron chi connectivity index (χ4n) is 5.07. The second kappa shape index (κ2) is 9.86. The number of hydrogen-bond acceptors (Lipinski definition) is 5. The van der Waals surface area contributed by atoms with Crippen LogP contribution >= 0.6 is 0 Å². The number of aryl methyl sites for hydroxylation is 1. The quantitative estimate of drug-likeness (QED) is 0.570. The van der Waals surface area contributed by atoms with Crippen LogP contribution in [0.5, 0.6) is 0 Å². The second-order valence-corrected chi connectivity index (χ2v) is 9.37. The van der Waals surface area contributed by atoms with Crippen LogP contribution in [0.3, 0.4) is 0 Å². The van der Waals surface area contributed by atoms with Gasteiger partial charge in [-0.3, -0.25) is 9.59 Å². The van der Waals surface area contributed by atoms with E-state index in [1.165, 1.54) is 0 Å². The smallest absolute Gasteiger partial charge is 0.228 e. The van der Waals surface area contributed by atoms with Crippen LogP contribution in [0.2, 0.25) is 0 Å². The fourth-order valence-corrected chi connectivity index (χ4v) is 5.07. The highest BCUT2D eigenvalue weighted by atomic mass is 16.2. The van der Waals surface area contributed by atoms with E-state index in [-0.39, 0.29) is 23.8 Å². The molecule has 2 aromatic carbocycles. The van der Waals surface area contributed by atoms with Crippen molar-refractivity contribution in [3.63, 3.8) is 0 Å². The van der Waals surface area contributed by atoms with Gasteiger partial charge in [-0.05, 0) is 19.4 Å². The summed E-state index contributed by atoms with van der Waals surface area (Å²) >= 11 is 0. The summed E-state index contributed by atoms with van der Waals surface area (Å²) in [7, 11) is 0. The maximum atomic E-state index is 13.3. The molecule has 0 N–H and O–H groups in total. The lowest BCUT2D eigenvalue weighted by molar-refractivity contribution is -0.136. The maximum absolute atomic E-state index is 13.3. The van der Waals surface area contributed by atoms with E-state index in [0.29, 0.717) is 39.1 Å². The molecule has 2 fully saturated rings. The normalized spacial score (nSPS) is 19.2.